The standard InChI is InChI=1S/C25H20N6O5/c1-14-27-21-17(25(36)31(14)19-10-11-20(32)29-23(19)34)8-5-9-18(21)28-24(35)22(33)15-12-26-30(13-15)16-6-3-2-4-7-16/h2-9,12-13,19H,10-11H2,1H3,(H,28,35)(H,29,32,34). The van der Waals surface area contributed by atoms with Gasteiger partial charge in [0.15, 0.2) is 0 Å². The van der Waals surface area contributed by atoms with Crippen LogP contribution in [0, 0.1) is 6.92 Å². The van der Waals surface area contributed by atoms with Gasteiger partial charge in [-0.2, -0.15) is 5.10 Å². The van der Waals surface area contributed by atoms with E-state index in [1.54, 1.807) is 13.0 Å². The summed E-state index contributed by atoms with van der Waals surface area (Å²) in [6, 6.07) is 12.9. The van der Waals surface area contributed by atoms with Gasteiger partial charge < -0.3 is 5.32 Å². The summed E-state index contributed by atoms with van der Waals surface area (Å²) in [5, 5.41) is 9.08. The Balaban J connectivity index is 1.44. The minimum atomic E-state index is -0.913. The first-order valence-corrected chi connectivity index (χ1v) is 11.1. The molecule has 1 fully saturated rings. The maximum Gasteiger partial charge on any atom is 0.296 e. The second kappa shape index (κ2) is 9.02. The number of nitrogens with one attached hydrogen (secondary N) is 2. The average Bonchev–Trinajstić information content (AvgIpc) is 3.36. The molecule has 1 aliphatic heterocycles. The van der Waals surface area contributed by atoms with E-state index in [1.807, 2.05) is 30.3 Å². The minimum absolute atomic E-state index is 0.0981. The maximum absolute atomic E-state index is 13.3. The maximum atomic E-state index is 13.3. The van der Waals surface area contributed by atoms with E-state index in [4.69, 9.17) is 0 Å². The van der Waals surface area contributed by atoms with Crippen molar-refractivity contribution in [1.29, 1.82) is 0 Å². The first-order valence-electron chi connectivity index (χ1n) is 11.1. The summed E-state index contributed by atoms with van der Waals surface area (Å²) in [6.45, 7) is 1.56. The predicted molar refractivity (Wildman–Crippen MR) is 129 cm³/mol. The molecule has 3 amide bonds. The number of carbonyl (C=O) groups is 4. The summed E-state index contributed by atoms with van der Waals surface area (Å²) >= 11 is 0. The van der Waals surface area contributed by atoms with Crippen molar-refractivity contribution in [3.8, 4) is 5.69 Å². The molecule has 4 aromatic rings. The van der Waals surface area contributed by atoms with E-state index in [9.17, 15) is 24.0 Å². The molecule has 180 valence electrons. The molecule has 1 aliphatic rings. The number of hydrogen-bond acceptors (Lipinski definition) is 7. The summed E-state index contributed by atoms with van der Waals surface area (Å²) < 4.78 is 2.74. The number of amides is 3. The topological polar surface area (TPSA) is 145 Å². The van der Waals surface area contributed by atoms with Gasteiger partial charge in [0.25, 0.3) is 17.2 Å². The summed E-state index contributed by atoms with van der Waals surface area (Å²) in [6.07, 6.45) is 3.06. The number of nitrogens with zero attached hydrogens (tertiary/aromatic N) is 4. The normalized spacial score (nSPS) is 15.5. The smallest absolute Gasteiger partial charge is 0.296 e. The van der Waals surface area contributed by atoms with Gasteiger partial charge in [-0.05, 0) is 37.6 Å². The molecule has 0 aliphatic carbocycles. The summed E-state index contributed by atoms with van der Waals surface area (Å²) in [5.74, 6) is -2.44. The number of para-hydroxylation sites is 2. The lowest BCUT2D eigenvalue weighted by molar-refractivity contribution is -0.135. The van der Waals surface area contributed by atoms with Gasteiger partial charge in [0.2, 0.25) is 11.8 Å². The number of carbonyl (C=O) groups excluding carboxylic acids is 4. The highest BCUT2D eigenvalue weighted by Gasteiger charge is 2.31. The predicted octanol–water partition coefficient (Wildman–Crippen LogP) is 1.69. The van der Waals surface area contributed by atoms with Gasteiger partial charge in [-0.1, -0.05) is 24.3 Å². The van der Waals surface area contributed by atoms with Crippen LogP contribution in [0.25, 0.3) is 16.6 Å². The van der Waals surface area contributed by atoms with Crippen molar-refractivity contribution in [3.05, 3.63) is 82.7 Å². The molecule has 0 spiro atoms. The molecule has 2 aromatic heterocycles. The van der Waals surface area contributed by atoms with Gasteiger partial charge in [0, 0.05) is 12.6 Å². The van der Waals surface area contributed by atoms with E-state index < -0.39 is 29.2 Å². The number of Topliss-reactive ketones (excluding diaryl/α,β-unsaturated/α-hetero) is 1. The molecule has 5 rings (SSSR count). The van der Waals surface area contributed by atoms with Crippen LogP contribution in [0.2, 0.25) is 0 Å². The molecule has 0 bridgehead atoms. The average molecular weight is 484 g/mol. The van der Waals surface area contributed by atoms with Crippen LogP contribution in [-0.2, 0) is 14.4 Å². The molecule has 2 N–H and O–H groups in total. The van der Waals surface area contributed by atoms with Gasteiger partial charge in [0.05, 0.1) is 28.5 Å². The van der Waals surface area contributed by atoms with Gasteiger partial charge in [0.1, 0.15) is 17.4 Å². The van der Waals surface area contributed by atoms with Gasteiger partial charge in [-0.25, -0.2) is 9.67 Å². The summed E-state index contributed by atoms with van der Waals surface area (Å²) in [4.78, 5) is 67.1. The molecule has 2 aromatic carbocycles. The van der Waals surface area contributed by atoms with Crippen LogP contribution < -0.4 is 16.2 Å². The molecule has 36 heavy (non-hydrogen) atoms. The van der Waals surface area contributed by atoms with E-state index in [0.717, 1.165) is 5.69 Å². The Kier molecular flexibility index (Phi) is 5.72. The van der Waals surface area contributed by atoms with Crippen molar-refractivity contribution < 1.29 is 19.2 Å². The number of imide groups is 1. The second-order valence-electron chi connectivity index (χ2n) is 8.30. The number of fused-ring (bicyclic) bond motifs is 1. The fraction of sp³-hybridized carbons (Fsp3) is 0.160. The summed E-state index contributed by atoms with van der Waals surface area (Å²) in [5.41, 5.74) is 0.707. The zero-order chi connectivity index (χ0) is 25.4. The van der Waals surface area contributed by atoms with Crippen LogP contribution in [0.15, 0.2) is 65.7 Å². The molecule has 11 nitrogen and oxygen atoms in total. The Labute approximate surface area is 203 Å². The number of aromatic nitrogens is 4. The number of hydrogen-bond donors (Lipinski definition) is 2. The molecule has 0 saturated carbocycles. The van der Waals surface area contributed by atoms with Crippen molar-refractivity contribution in [2.45, 2.75) is 25.8 Å². The van der Waals surface area contributed by atoms with Crippen LogP contribution in [0.3, 0.4) is 0 Å². The largest absolute Gasteiger partial charge is 0.317 e. The van der Waals surface area contributed by atoms with E-state index in [1.165, 1.54) is 33.8 Å². The fourth-order valence-electron chi connectivity index (χ4n) is 4.20. The van der Waals surface area contributed by atoms with E-state index >= 15 is 0 Å². The number of benzene rings is 2. The minimum Gasteiger partial charge on any atom is -0.317 e. The number of anilines is 1. The molecule has 1 saturated heterocycles. The highest BCUT2D eigenvalue weighted by atomic mass is 16.2. The third-order valence-corrected chi connectivity index (χ3v) is 5.95. The molecule has 3 heterocycles. The Morgan fingerprint density at radius 1 is 1.06 bits per heavy atom. The second-order valence-corrected chi connectivity index (χ2v) is 8.30. The van der Waals surface area contributed by atoms with E-state index in [-0.39, 0.29) is 46.7 Å². The highest BCUT2D eigenvalue weighted by Crippen LogP contribution is 2.23. The Hall–Kier alpha value is -4.93. The van der Waals surface area contributed by atoms with E-state index in [0.29, 0.717) is 0 Å². The van der Waals surface area contributed by atoms with Gasteiger partial charge in [-0.15, -0.1) is 0 Å². The SMILES string of the molecule is Cc1nc2c(NC(=O)C(=O)c3cnn(-c4ccccc4)c3)cccc2c(=O)n1C1CCC(=O)NC1=O. The van der Waals surface area contributed by atoms with Crippen LogP contribution in [0.1, 0.15) is 35.1 Å². The van der Waals surface area contributed by atoms with Gasteiger partial charge in [-0.3, -0.25) is 33.9 Å². The first kappa shape index (κ1) is 22.8. The highest BCUT2D eigenvalue weighted by molar-refractivity contribution is 6.46. The number of rotatable bonds is 5. The first-order chi connectivity index (χ1) is 17.3. The van der Waals surface area contributed by atoms with Crippen molar-refractivity contribution in [3.63, 3.8) is 0 Å². The van der Waals surface area contributed by atoms with Crippen LogP contribution in [0.5, 0.6) is 0 Å². The van der Waals surface area contributed by atoms with Crippen LogP contribution in [-0.4, -0.2) is 42.8 Å². The molecule has 0 radical (unpaired) electrons. The van der Waals surface area contributed by atoms with Crippen LogP contribution in [0.4, 0.5) is 5.69 Å². The fourth-order valence-corrected chi connectivity index (χ4v) is 4.20. The molecular weight excluding hydrogens is 464 g/mol. The van der Waals surface area contributed by atoms with E-state index in [2.05, 4.69) is 20.7 Å². The monoisotopic (exact) mass is 484 g/mol. The lowest BCUT2D eigenvalue weighted by atomic mass is 10.1. The zero-order valence-corrected chi connectivity index (χ0v) is 19.1. The molecular formula is C25H20N6O5. The van der Waals surface area contributed by atoms with Crippen molar-refractivity contribution in [1.82, 2.24) is 24.6 Å². The van der Waals surface area contributed by atoms with Crippen molar-refractivity contribution >= 4 is 40.1 Å². The van der Waals surface area contributed by atoms with Crippen molar-refractivity contribution in [2.24, 2.45) is 0 Å². The lowest BCUT2D eigenvalue weighted by Gasteiger charge is -2.24. The Morgan fingerprint density at radius 2 is 1.83 bits per heavy atom. The summed E-state index contributed by atoms with van der Waals surface area (Å²) in [7, 11) is 0. The molecule has 11 heteroatoms. The zero-order valence-electron chi connectivity index (χ0n) is 19.1. The molecule has 1 atom stereocenters. The Morgan fingerprint density at radius 3 is 2.58 bits per heavy atom. The Bertz CT molecular complexity index is 1600. The number of aryl methyl sites for hydroxylation is 1. The van der Waals surface area contributed by atoms with Gasteiger partial charge >= 0.3 is 0 Å². The lowest BCUT2D eigenvalue weighted by Crippen LogP contribution is -2.45. The van der Waals surface area contributed by atoms with Crippen molar-refractivity contribution in [2.75, 3.05) is 5.32 Å². The van der Waals surface area contributed by atoms with Crippen LogP contribution >= 0.6 is 0 Å². The quantitative estimate of drug-likeness (QED) is 0.249. The third-order valence-electron chi connectivity index (χ3n) is 5.95. The third kappa shape index (κ3) is 4.06. The number of ketones is 1. The molecule has 1 unspecified atom stereocenters. The number of piperidine rings is 1.